The van der Waals surface area contributed by atoms with Crippen molar-refractivity contribution in [1.82, 2.24) is 5.32 Å². The minimum atomic E-state index is 0.00135. The summed E-state index contributed by atoms with van der Waals surface area (Å²) in [6, 6.07) is 8.16. The highest BCUT2D eigenvalue weighted by atomic mass is 16.2. The van der Waals surface area contributed by atoms with Crippen LogP contribution in [0.4, 0.5) is 11.4 Å². The summed E-state index contributed by atoms with van der Waals surface area (Å²) in [5.74, 6) is 0.207. The summed E-state index contributed by atoms with van der Waals surface area (Å²) in [4.78, 5) is 16.8. The van der Waals surface area contributed by atoms with Gasteiger partial charge in [0.15, 0.2) is 0 Å². The van der Waals surface area contributed by atoms with Crippen LogP contribution < -0.4 is 15.1 Å². The molecule has 1 unspecified atom stereocenters. The molecule has 2 rings (SSSR count). The molecule has 1 aliphatic rings. The zero-order chi connectivity index (χ0) is 13.8. The number of nitrogens with one attached hydrogen (secondary N) is 1. The van der Waals surface area contributed by atoms with Crippen molar-refractivity contribution < 1.29 is 4.79 Å². The second kappa shape index (κ2) is 6.06. The molecule has 0 radical (unpaired) electrons. The normalized spacial score (nSPS) is 16.8. The van der Waals surface area contributed by atoms with Gasteiger partial charge in [0.1, 0.15) is 0 Å². The summed E-state index contributed by atoms with van der Waals surface area (Å²) in [6.07, 6.45) is 1.00. The van der Waals surface area contributed by atoms with E-state index in [4.69, 9.17) is 0 Å². The average molecular weight is 261 g/mol. The van der Waals surface area contributed by atoms with E-state index < -0.39 is 0 Å². The van der Waals surface area contributed by atoms with E-state index in [-0.39, 0.29) is 11.8 Å². The van der Waals surface area contributed by atoms with E-state index in [2.05, 4.69) is 23.3 Å². The molecule has 0 bridgehead atoms. The van der Waals surface area contributed by atoms with Gasteiger partial charge in [0.2, 0.25) is 5.91 Å². The van der Waals surface area contributed by atoms with Crippen LogP contribution in [0.5, 0.6) is 0 Å². The first-order valence-corrected chi connectivity index (χ1v) is 6.91. The fourth-order valence-corrected chi connectivity index (χ4v) is 2.61. The molecular formula is C15H23N3O. The largest absolute Gasteiger partial charge is 0.373 e. The molecular weight excluding hydrogens is 238 g/mol. The molecule has 1 amide bonds. The van der Waals surface area contributed by atoms with Gasteiger partial charge in [-0.3, -0.25) is 4.79 Å². The minimum absolute atomic E-state index is 0.00135. The van der Waals surface area contributed by atoms with Crippen LogP contribution in [0, 0.1) is 5.92 Å². The third-order valence-corrected chi connectivity index (χ3v) is 3.66. The van der Waals surface area contributed by atoms with Crippen molar-refractivity contribution in [1.29, 1.82) is 0 Å². The van der Waals surface area contributed by atoms with Gasteiger partial charge in [-0.25, -0.2) is 0 Å². The number of fused-ring (bicyclic) bond motifs is 1. The summed E-state index contributed by atoms with van der Waals surface area (Å²) in [5.41, 5.74) is 2.18. The first kappa shape index (κ1) is 13.9. The first-order chi connectivity index (χ1) is 9.15. The maximum absolute atomic E-state index is 12.6. The van der Waals surface area contributed by atoms with Crippen molar-refractivity contribution in [3.8, 4) is 0 Å². The van der Waals surface area contributed by atoms with E-state index in [0.29, 0.717) is 6.54 Å². The quantitative estimate of drug-likeness (QED) is 0.900. The number of hydrogen-bond donors (Lipinski definition) is 1. The van der Waals surface area contributed by atoms with Gasteiger partial charge in [0, 0.05) is 32.6 Å². The van der Waals surface area contributed by atoms with E-state index in [1.165, 1.54) is 0 Å². The maximum atomic E-state index is 12.6. The fourth-order valence-electron chi connectivity index (χ4n) is 2.61. The molecule has 1 N–H and O–H groups in total. The summed E-state index contributed by atoms with van der Waals surface area (Å²) >= 11 is 0. The minimum Gasteiger partial charge on any atom is -0.373 e. The number of hydrogen-bond acceptors (Lipinski definition) is 3. The van der Waals surface area contributed by atoms with Gasteiger partial charge >= 0.3 is 0 Å². The van der Waals surface area contributed by atoms with E-state index >= 15 is 0 Å². The Balaban J connectivity index is 2.30. The topological polar surface area (TPSA) is 35.6 Å². The van der Waals surface area contributed by atoms with Crippen LogP contribution in [0.2, 0.25) is 0 Å². The first-order valence-electron chi connectivity index (χ1n) is 6.91. The molecule has 1 aromatic rings. The second-order valence-electron chi connectivity index (χ2n) is 5.21. The Kier molecular flexibility index (Phi) is 4.43. The molecule has 0 aromatic heterocycles. The molecule has 0 saturated carbocycles. The molecule has 4 heteroatoms. The lowest BCUT2D eigenvalue weighted by molar-refractivity contribution is -0.121. The third-order valence-electron chi connectivity index (χ3n) is 3.66. The molecule has 1 heterocycles. The van der Waals surface area contributed by atoms with Crippen LogP contribution >= 0.6 is 0 Å². The highest BCUT2D eigenvalue weighted by Crippen LogP contribution is 2.31. The van der Waals surface area contributed by atoms with Gasteiger partial charge in [-0.1, -0.05) is 19.1 Å². The number of amides is 1. The van der Waals surface area contributed by atoms with Gasteiger partial charge in [-0.05, 0) is 25.6 Å². The number of carbonyl (C=O) groups excluding carboxylic acids is 1. The average Bonchev–Trinajstić information content (AvgIpc) is 2.58. The highest BCUT2D eigenvalue weighted by molar-refractivity contribution is 5.98. The van der Waals surface area contributed by atoms with Gasteiger partial charge < -0.3 is 15.1 Å². The number of benzene rings is 1. The Hall–Kier alpha value is -1.55. The lowest BCUT2D eigenvalue weighted by atomic mass is 10.1. The zero-order valence-electron chi connectivity index (χ0n) is 12.0. The van der Waals surface area contributed by atoms with Crippen LogP contribution in [0.1, 0.15) is 13.3 Å². The van der Waals surface area contributed by atoms with E-state index in [1.54, 1.807) is 0 Å². The third kappa shape index (κ3) is 2.89. The van der Waals surface area contributed by atoms with Crippen LogP contribution in [0.3, 0.4) is 0 Å². The van der Waals surface area contributed by atoms with Crippen LogP contribution in [0.25, 0.3) is 0 Å². The van der Waals surface area contributed by atoms with E-state index in [0.717, 1.165) is 30.9 Å². The molecule has 4 nitrogen and oxygen atoms in total. The summed E-state index contributed by atoms with van der Waals surface area (Å²) in [6.45, 7) is 4.48. The molecule has 1 aromatic carbocycles. The smallest absolute Gasteiger partial charge is 0.231 e. The lowest BCUT2D eigenvalue weighted by Crippen LogP contribution is -2.39. The molecule has 0 saturated heterocycles. The maximum Gasteiger partial charge on any atom is 0.231 e. The van der Waals surface area contributed by atoms with Gasteiger partial charge in [0.05, 0.1) is 11.4 Å². The van der Waals surface area contributed by atoms with Crippen molar-refractivity contribution in [2.45, 2.75) is 13.3 Å². The molecule has 104 valence electrons. The molecule has 1 aliphatic heterocycles. The Labute approximate surface area is 115 Å². The monoisotopic (exact) mass is 261 g/mol. The Bertz CT molecular complexity index is 447. The van der Waals surface area contributed by atoms with Crippen molar-refractivity contribution in [3.05, 3.63) is 24.3 Å². The summed E-state index contributed by atoms with van der Waals surface area (Å²) < 4.78 is 0. The second-order valence-corrected chi connectivity index (χ2v) is 5.21. The highest BCUT2D eigenvalue weighted by Gasteiger charge is 2.25. The van der Waals surface area contributed by atoms with Gasteiger partial charge in [0.25, 0.3) is 0 Å². The number of carbonyl (C=O) groups is 1. The molecule has 0 fully saturated rings. The summed E-state index contributed by atoms with van der Waals surface area (Å²) in [7, 11) is 3.97. The Morgan fingerprint density at radius 3 is 2.68 bits per heavy atom. The van der Waals surface area contributed by atoms with Crippen molar-refractivity contribution in [2.75, 3.05) is 43.5 Å². The van der Waals surface area contributed by atoms with E-state index in [9.17, 15) is 4.79 Å². The summed E-state index contributed by atoms with van der Waals surface area (Å²) in [5, 5.41) is 3.08. The van der Waals surface area contributed by atoms with Crippen molar-refractivity contribution >= 4 is 17.3 Å². The standard InChI is InChI=1S/C15H23N3O/c1-12(11-16-2)15(19)18-10-6-9-17(3)13-7-4-5-8-14(13)18/h4-5,7-8,12,16H,6,9-11H2,1-3H3. The number of rotatable bonds is 3. The fraction of sp³-hybridized carbons (Fsp3) is 0.533. The lowest BCUT2D eigenvalue weighted by Gasteiger charge is -2.26. The van der Waals surface area contributed by atoms with Crippen LogP contribution in [-0.4, -0.2) is 39.6 Å². The SMILES string of the molecule is CNCC(C)C(=O)N1CCCN(C)c2ccccc21. The van der Waals surface area contributed by atoms with Gasteiger partial charge in [-0.2, -0.15) is 0 Å². The van der Waals surface area contributed by atoms with Crippen LogP contribution in [-0.2, 0) is 4.79 Å². The Morgan fingerprint density at radius 1 is 1.32 bits per heavy atom. The van der Waals surface area contributed by atoms with Crippen molar-refractivity contribution in [3.63, 3.8) is 0 Å². The van der Waals surface area contributed by atoms with Gasteiger partial charge in [-0.15, -0.1) is 0 Å². The van der Waals surface area contributed by atoms with Crippen LogP contribution in [0.15, 0.2) is 24.3 Å². The molecule has 0 aliphatic carbocycles. The predicted molar refractivity (Wildman–Crippen MR) is 79.8 cm³/mol. The predicted octanol–water partition coefficient (Wildman–Crippen LogP) is 1.71. The number of para-hydroxylation sites is 2. The molecule has 0 spiro atoms. The Morgan fingerprint density at radius 2 is 2.00 bits per heavy atom. The molecule has 19 heavy (non-hydrogen) atoms. The number of anilines is 2. The number of nitrogens with zero attached hydrogens (tertiary/aromatic N) is 2. The molecule has 1 atom stereocenters. The zero-order valence-corrected chi connectivity index (χ0v) is 12.0. The van der Waals surface area contributed by atoms with Crippen molar-refractivity contribution in [2.24, 2.45) is 5.92 Å². The van der Waals surface area contributed by atoms with E-state index in [1.807, 2.05) is 37.1 Å².